The molecule has 0 aliphatic heterocycles. The maximum atomic E-state index is 10.2. The number of phenolic OH excluding ortho intramolecular Hbond substituents is 2. The Hall–Kier alpha value is -3.27. The third kappa shape index (κ3) is 11.0. The van der Waals surface area contributed by atoms with Crippen LogP contribution in [0.25, 0.3) is 6.08 Å². The van der Waals surface area contributed by atoms with Crippen LogP contribution in [-0.2, 0) is 9.59 Å². The molecule has 0 aromatic heterocycles. The monoisotopic (exact) mass is 354 g/mol. The summed E-state index contributed by atoms with van der Waals surface area (Å²) in [6.45, 7) is 0.482. The number of aliphatic carboxylic acids is 2. The Morgan fingerprint density at radius 3 is 2.36 bits per heavy atom. The van der Waals surface area contributed by atoms with Gasteiger partial charge in [0.15, 0.2) is 17.5 Å². The van der Waals surface area contributed by atoms with Crippen LogP contribution in [0.4, 0.5) is 0 Å². The highest BCUT2D eigenvalue weighted by Gasteiger charge is 2.09. The molecule has 0 unspecified atom stereocenters. The summed E-state index contributed by atoms with van der Waals surface area (Å²) in [7, 11) is 0. The van der Waals surface area contributed by atoms with Crippen LogP contribution < -0.4 is 16.8 Å². The van der Waals surface area contributed by atoms with Crippen LogP contribution >= 0.6 is 0 Å². The van der Waals surface area contributed by atoms with E-state index in [-0.39, 0.29) is 17.5 Å². The number of nitrogens with one attached hydrogen (secondary N) is 2. The molecule has 0 radical (unpaired) electrons. The van der Waals surface area contributed by atoms with Crippen LogP contribution in [0.1, 0.15) is 18.4 Å². The van der Waals surface area contributed by atoms with Crippen LogP contribution in [0.3, 0.4) is 0 Å². The van der Waals surface area contributed by atoms with E-state index in [1.807, 2.05) is 0 Å². The lowest BCUT2D eigenvalue weighted by Crippen LogP contribution is -2.34. The summed E-state index contributed by atoms with van der Waals surface area (Å²) in [5.74, 6) is -2.68. The first-order valence-electron chi connectivity index (χ1n) is 7.12. The number of aromatic hydroxyl groups is 2. The Labute approximate surface area is 143 Å². The number of carboxylic acids is 2. The Balaban J connectivity index is 0.000000463. The van der Waals surface area contributed by atoms with E-state index in [0.29, 0.717) is 24.9 Å². The van der Waals surface area contributed by atoms with Gasteiger partial charge in [0, 0.05) is 12.6 Å². The van der Waals surface area contributed by atoms with Crippen molar-refractivity contribution < 1.29 is 30.0 Å². The highest BCUT2D eigenvalue weighted by Crippen LogP contribution is 2.25. The molecule has 0 aliphatic rings. The van der Waals surface area contributed by atoms with E-state index < -0.39 is 18.0 Å². The normalized spacial score (nSPS) is 11.2. The van der Waals surface area contributed by atoms with Crippen LogP contribution in [0.5, 0.6) is 11.5 Å². The van der Waals surface area contributed by atoms with E-state index in [9.17, 15) is 9.59 Å². The van der Waals surface area contributed by atoms with Crippen molar-refractivity contribution in [2.24, 2.45) is 11.5 Å². The number of rotatable bonds is 7. The second-order valence-corrected chi connectivity index (χ2v) is 4.85. The van der Waals surface area contributed by atoms with Crippen molar-refractivity contribution in [3.8, 4) is 11.5 Å². The molecule has 10 heteroatoms. The number of phenols is 2. The lowest BCUT2D eigenvalue weighted by atomic mass is 10.2. The van der Waals surface area contributed by atoms with Crippen molar-refractivity contribution in [2.45, 2.75) is 18.9 Å². The second-order valence-electron chi connectivity index (χ2n) is 4.85. The van der Waals surface area contributed by atoms with E-state index in [4.69, 9.17) is 37.3 Å². The number of carbonyl (C=O) groups is 2. The van der Waals surface area contributed by atoms with Crippen molar-refractivity contribution in [3.05, 3.63) is 29.8 Å². The van der Waals surface area contributed by atoms with E-state index in [1.165, 1.54) is 24.3 Å². The fourth-order valence-corrected chi connectivity index (χ4v) is 1.48. The molecule has 1 rings (SSSR count). The summed E-state index contributed by atoms with van der Waals surface area (Å²) in [6.07, 6.45) is 3.25. The quantitative estimate of drug-likeness (QED) is 0.108. The third-order valence-electron chi connectivity index (χ3n) is 2.74. The van der Waals surface area contributed by atoms with Gasteiger partial charge in [-0.05, 0) is 36.6 Å². The number of hydrogen-bond acceptors (Lipinski definition) is 6. The zero-order valence-corrected chi connectivity index (χ0v) is 13.3. The molecule has 0 heterocycles. The molecule has 138 valence electrons. The molecule has 10 N–H and O–H groups in total. The van der Waals surface area contributed by atoms with Crippen LogP contribution in [0.15, 0.2) is 24.3 Å². The number of hydrogen-bond donors (Lipinski definition) is 8. The molecule has 1 atom stereocenters. The van der Waals surface area contributed by atoms with Gasteiger partial charge in [-0.15, -0.1) is 0 Å². The lowest BCUT2D eigenvalue weighted by molar-refractivity contribution is -0.138. The van der Waals surface area contributed by atoms with Crippen molar-refractivity contribution in [1.82, 2.24) is 5.32 Å². The van der Waals surface area contributed by atoms with E-state index in [2.05, 4.69) is 5.32 Å². The van der Waals surface area contributed by atoms with Gasteiger partial charge in [0.1, 0.15) is 6.04 Å². The predicted octanol–water partition coefficient (Wildman–Crippen LogP) is -0.143. The van der Waals surface area contributed by atoms with Crippen LogP contribution in [0.2, 0.25) is 0 Å². The van der Waals surface area contributed by atoms with Gasteiger partial charge in [-0.3, -0.25) is 10.2 Å². The Kier molecular flexibility index (Phi) is 9.82. The molecule has 1 aromatic carbocycles. The summed E-state index contributed by atoms with van der Waals surface area (Å²) in [5.41, 5.74) is 10.7. The Bertz CT molecular complexity index is 632. The summed E-state index contributed by atoms with van der Waals surface area (Å²) >= 11 is 0. The van der Waals surface area contributed by atoms with Crippen molar-refractivity contribution in [2.75, 3.05) is 6.54 Å². The molecule has 0 fully saturated rings. The SMILES string of the molecule is N=C(N)NCCC[C@H](N)C(=O)O.O=C(O)/C=C/c1ccc(O)c(O)c1. The van der Waals surface area contributed by atoms with Gasteiger partial charge in [-0.25, -0.2) is 4.79 Å². The van der Waals surface area contributed by atoms with Crippen LogP contribution in [-0.4, -0.2) is 50.9 Å². The fourth-order valence-electron chi connectivity index (χ4n) is 1.48. The van der Waals surface area contributed by atoms with Crippen molar-refractivity contribution in [3.63, 3.8) is 0 Å². The summed E-state index contributed by atoms with van der Waals surface area (Å²) in [4.78, 5) is 20.3. The molecule has 1 aromatic rings. The minimum atomic E-state index is -1.06. The predicted molar refractivity (Wildman–Crippen MR) is 91.2 cm³/mol. The first kappa shape index (κ1) is 21.7. The molecule has 0 saturated carbocycles. The zero-order chi connectivity index (χ0) is 19.4. The molecular weight excluding hydrogens is 332 g/mol. The molecular formula is C15H22N4O6. The van der Waals surface area contributed by atoms with E-state index >= 15 is 0 Å². The molecule has 0 spiro atoms. The maximum absolute atomic E-state index is 10.2. The smallest absolute Gasteiger partial charge is 0.328 e. The van der Waals surface area contributed by atoms with Gasteiger partial charge in [0.25, 0.3) is 0 Å². The molecule has 10 nitrogen and oxygen atoms in total. The molecule has 0 saturated heterocycles. The van der Waals surface area contributed by atoms with Crippen molar-refractivity contribution >= 4 is 24.0 Å². The Morgan fingerprint density at radius 2 is 1.88 bits per heavy atom. The number of carboxylic acid groups (broad SMARTS) is 2. The maximum Gasteiger partial charge on any atom is 0.328 e. The second kappa shape index (κ2) is 11.3. The highest BCUT2D eigenvalue weighted by atomic mass is 16.4. The van der Waals surface area contributed by atoms with Gasteiger partial charge in [-0.1, -0.05) is 6.07 Å². The zero-order valence-electron chi connectivity index (χ0n) is 13.3. The van der Waals surface area contributed by atoms with E-state index in [1.54, 1.807) is 0 Å². The van der Waals surface area contributed by atoms with Crippen LogP contribution in [0, 0.1) is 5.41 Å². The highest BCUT2D eigenvalue weighted by molar-refractivity contribution is 5.85. The number of nitrogens with two attached hydrogens (primary N) is 2. The lowest BCUT2D eigenvalue weighted by Gasteiger charge is -2.06. The minimum absolute atomic E-state index is 0.112. The molecule has 0 amide bonds. The number of guanidine groups is 1. The molecule has 0 aliphatic carbocycles. The fraction of sp³-hybridized carbons (Fsp3) is 0.267. The summed E-state index contributed by atoms with van der Waals surface area (Å²) in [6, 6.07) is 3.24. The van der Waals surface area contributed by atoms with Gasteiger partial charge in [0.05, 0.1) is 0 Å². The minimum Gasteiger partial charge on any atom is -0.504 e. The van der Waals surface area contributed by atoms with E-state index in [0.717, 1.165) is 6.08 Å². The topological polar surface area (TPSA) is 203 Å². The first-order chi connectivity index (χ1) is 11.6. The van der Waals surface area contributed by atoms with Crippen molar-refractivity contribution in [1.29, 1.82) is 5.41 Å². The van der Waals surface area contributed by atoms with Gasteiger partial charge < -0.3 is 37.2 Å². The standard InChI is InChI=1S/C9H8O4.C6H14N4O2/c10-7-3-1-6(5-8(7)11)2-4-9(12)13;7-4(5(11)12)2-1-3-10-6(8)9/h1-5,10-11H,(H,12,13);4H,1-3,7H2,(H,11,12)(H4,8,9,10)/b4-2+;/t;4-/m.0/s1. The average molecular weight is 354 g/mol. The Morgan fingerprint density at radius 1 is 1.24 bits per heavy atom. The summed E-state index contributed by atoms with van der Waals surface area (Å²) in [5, 5.41) is 44.0. The average Bonchev–Trinajstić information content (AvgIpc) is 2.52. The molecule has 25 heavy (non-hydrogen) atoms. The van der Waals surface area contributed by atoms with Gasteiger partial charge >= 0.3 is 11.9 Å². The summed E-state index contributed by atoms with van der Waals surface area (Å²) < 4.78 is 0. The van der Waals surface area contributed by atoms with Gasteiger partial charge in [-0.2, -0.15) is 0 Å². The molecule has 0 bridgehead atoms. The largest absolute Gasteiger partial charge is 0.504 e. The third-order valence-corrected chi connectivity index (χ3v) is 2.74. The first-order valence-corrected chi connectivity index (χ1v) is 7.12. The number of benzene rings is 1. The van der Waals surface area contributed by atoms with Gasteiger partial charge in [0.2, 0.25) is 0 Å².